The number of nitrogens with one attached hydrogen (secondary N) is 2. The van der Waals surface area contributed by atoms with E-state index >= 15 is 0 Å². The normalized spacial score (nSPS) is 13.4. The second-order valence-corrected chi connectivity index (χ2v) is 4.31. The van der Waals surface area contributed by atoms with Gasteiger partial charge in [-0.25, -0.2) is 14.4 Å². The van der Waals surface area contributed by atoms with Gasteiger partial charge in [0.25, 0.3) is 0 Å². The van der Waals surface area contributed by atoms with Crippen molar-refractivity contribution in [2.75, 3.05) is 5.32 Å². The van der Waals surface area contributed by atoms with Crippen LogP contribution in [0.15, 0.2) is 24.3 Å². The van der Waals surface area contributed by atoms with Gasteiger partial charge in [-0.05, 0) is 23.7 Å². The Labute approximate surface area is 108 Å². The maximum Gasteiger partial charge on any atom is 0.224 e. The van der Waals surface area contributed by atoms with Crippen LogP contribution in [0.4, 0.5) is 15.9 Å². The van der Waals surface area contributed by atoms with Crippen LogP contribution in [-0.4, -0.2) is 9.97 Å². The van der Waals surface area contributed by atoms with E-state index in [0.29, 0.717) is 24.6 Å². The molecule has 18 heavy (non-hydrogen) atoms. The Bertz CT molecular complexity index is 603. The molecule has 1 aliphatic rings. The third-order valence-corrected chi connectivity index (χ3v) is 2.96. The second kappa shape index (κ2) is 4.51. The predicted molar refractivity (Wildman–Crippen MR) is 67.3 cm³/mol. The molecule has 0 bridgehead atoms. The van der Waals surface area contributed by atoms with Gasteiger partial charge in [-0.2, -0.15) is 0 Å². The zero-order valence-corrected chi connectivity index (χ0v) is 10.1. The van der Waals surface area contributed by atoms with Crippen LogP contribution in [0.3, 0.4) is 0 Å². The molecule has 0 spiro atoms. The molecule has 3 rings (SSSR count). The molecule has 0 aliphatic carbocycles. The van der Waals surface area contributed by atoms with Crippen LogP contribution < -0.4 is 10.6 Å². The molecule has 6 heteroatoms. The van der Waals surface area contributed by atoms with Crippen LogP contribution in [0.5, 0.6) is 0 Å². The Morgan fingerprint density at radius 3 is 2.89 bits per heavy atom. The van der Waals surface area contributed by atoms with Crippen LogP contribution in [-0.2, 0) is 13.1 Å². The number of aromatic nitrogens is 2. The highest BCUT2D eigenvalue weighted by molar-refractivity contribution is 6.28. The van der Waals surface area contributed by atoms with Crippen molar-refractivity contribution < 1.29 is 4.39 Å². The van der Waals surface area contributed by atoms with Crippen molar-refractivity contribution in [1.82, 2.24) is 15.3 Å². The van der Waals surface area contributed by atoms with Crippen molar-refractivity contribution in [1.29, 1.82) is 0 Å². The fourth-order valence-corrected chi connectivity index (χ4v) is 2.12. The minimum Gasteiger partial charge on any atom is -0.337 e. The molecule has 0 fully saturated rings. The summed E-state index contributed by atoms with van der Waals surface area (Å²) in [4.78, 5) is 8.25. The largest absolute Gasteiger partial charge is 0.337 e. The topological polar surface area (TPSA) is 49.8 Å². The van der Waals surface area contributed by atoms with Gasteiger partial charge in [-0.15, -0.1) is 0 Å². The Morgan fingerprint density at radius 2 is 2.06 bits per heavy atom. The quantitative estimate of drug-likeness (QED) is 0.819. The molecule has 0 radical (unpaired) electrons. The zero-order valence-electron chi connectivity index (χ0n) is 9.37. The molecule has 1 aromatic heterocycles. The van der Waals surface area contributed by atoms with Gasteiger partial charge in [0, 0.05) is 18.7 Å². The Kier molecular flexibility index (Phi) is 2.85. The van der Waals surface area contributed by atoms with Crippen molar-refractivity contribution in [3.63, 3.8) is 0 Å². The van der Waals surface area contributed by atoms with Crippen molar-refractivity contribution in [3.05, 3.63) is 46.6 Å². The highest BCUT2D eigenvalue weighted by atomic mass is 35.5. The molecule has 0 saturated heterocycles. The first-order chi connectivity index (χ1) is 8.74. The average molecular weight is 265 g/mol. The molecule has 1 aromatic carbocycles. The van der Waals surface area contributed by atoms with Gasteiger partial charge in [-0.1, -0.05) is 12.1 Å². The molecule has 2 aromatic rings. The SMILES string of the molecule is Fc1ccccc1Nc1nc(Cl)nc2c1CNC2. The van der Waals surface area contributed by atoms with Crippen molar-refractivity contribution in [2.24, 2.45) is 0 Å². The number of halogens is 2. The maximum absolute atomic E-state index is 13.6. The van der Waals surface area contributed by atoms with Gasteiger partial charge in [0.2, 0.25) is 5.28 Å². The van der Waals surface area contributed by atoms with E-state index in [2.05, 4.69) is 20.6 Å². The molecule has 0 atom stereocenters. The second-order valence-electron chi connectivity index (χ2n) is 3.97. The van der Waals surface area contributed by atoms with Gasteiger partial charge < -0.3 is 10.6 Å². The van der Waals surface area contributed by atoms with Crippen LogP contribution >= 0.6 is 11.6 Å². The number of nitrogens with zero attached hydrogens (tertiary/aromatic N) is 2. The third kappa shape index (κ3) is 2.02. The summed E-state index contributed by atoms with van der Waals surface area (Å²) in [5, 5.41) is 6.29. The lowest BCUT2D eigenvalue weighted by Gasteiger charge is -2.10. The van der Waals surface area contributed by atoms with Gasteiger partial charge in [0.05, 0.1) is 11.4 Å². The standard InChI is InChI=1S/C12H10ClFN4/c13-12-17-10-6-15-5-7(10)11(18-12)16-9-4-2-1-3-8(9)14/h1-4,15H,5-6H2,(H,16,17,18). The third-order valence-electron chi connectivity index (χ3n) is 2.79. The van der Waals surface area contributed by atoms with E-state index in [1.54, 1.807) is 18.2 Å². The molecule has 2 heterocycles. The summed E-state index contributed by atoms with van der Waals surface area (Å²) in [6.45, 7) is 1.31. The predicted octanol–water partition coefficient (Wildman–Crippen LogP) is 2.62. The van der Waals surface area contributed by atoms with Crippen molar-refractivity contribution in [3.8, 4) is 0 Å². The molecule has 0 unspecified atom stereocenters. The number of hydrogen-bond acceptors (Lipinski definition) is 4. The first kappa shape index (κ1) is 11.4. The lowest BCUT2D eigenvalue weighted by molar-refractivity contribution is 0.631. The van der Waals surface area contributed by atoms with Gasteiger partial charge >= 0.3 is 0 Å². The number of para-hydroxylation sites is 1. The van der Waals surface area contributed by atoms with Crippen LogP contribution in [0.1, 0.15) is 11.3 Å². The minimum atomic E-state index is -0.327. The molecule has 0 amide bonds. The Hall–Kier alpha value is -1.72. The van der Waals surface area contributed by atoms with E-state index in [9.17, 15) is 4.39 Å². The fraction of sp³-hybridized carbons (Fsp3) is 0.167. The molecule has 4 nitrogen and oxygen atoms in total. The highest BCUT2D eigenvalue weighted by Gasteiger charge is 2.19. The molecule has 92 valence electrons. The molecule has 1 aliphatic heterocycles. The molecular formula is C12H10ClFN4. The lowest BCUT2D eigenvalue weighted by Crippen LogP contribution is -2.03. The zero-order chi connectivity index (χ0) is 12.5. The number of anilines is 2. The van der Waals surface area contributed by atoms with E-state index in [1.165, 1.54) is 6.07 Å². The van der Waals surface area contributed by atoms with E-state index in [0.717, 1.165) is 11.3 Å². The summed E-state index contributed by atoms with van der Waals surface area (Å²) in [6.07, 6.45) is 0. The van der Waals surface area contributed by atoms with E-state index in [4.69, 9.17) is 11.6 Å². The number of fused-ring (bicyclic) bond motifs is 1. The maximum atomic E-state index is 13.6. The summed E-state index contributed by atoms with van der Waals surface area (Å²) in [5.41, 5.74) is 2.16. The Morgan fingerprint density at radius 1 is 1.22 bits per heavy atom. The van der Waals surface area contributed by atoms with E-state index < -0.39 is 0 Å². The number of rotatable bonds is 2. The van der Waals surface area contributed by atoms with Crippen LogP contribution in [0, 0.1) is 5.82 Å². The Balaban J connectivity index is 2.01. The first-order valence-corrected chi connectivity index (χ1v) is 5.89. The van der Waals surface area contributed by atoms with E-state index in [1.807, 2.05) is 0 Å². The molecule has 2 N–H and O–H groups in total. The number of benzene rings is 1. The monoisotopic (exact) mass is 264 g/mol. The summed E-state index contributed by atoms with van der Waals surface area (Å²) < 4.78 is 13.6. The highest BCUT2D eigenvalue weighted by Crippen LogP contribution is 2.26. The minimum absolute atomic E-state index is 0.163. The first-order valence-electron chi connectivity index (χ1n) is 5.51. The lowest BCUT2D eigenvalue weighted by atomic mass is 10.2. The molecular weight excluding hydrogens is 255 g/mol. The van der Waals surface area contributed by atoms with E-state index in [-0.39, 0.29) is 11.1 Å². The average Bonchev–Trinajstić information content (AvgIpc) is 2.80. The van der Waals surface area contributed by atoms with Gasteiger partial charge in [0.15, 0.2) is 0 Å². The van der Waals surface area contributed by atoms with Gasteiger partial charge in [0.1, 0.15) is 11.6 Å². The smallest absolute Gasteiger partial charge is 0.224 e. The van der Waals surface area contributed by atoms with Crippen molar-refractivity contribution >= 4 is 23.1 Å². The number of hydrogen-bond donors (Lipinski definition) is 2. The van der Waals surface area contributed by atoms with Gasteiger partial charge in [-0.3, -0.25) is 0 Å². The van der Waals surface area contributed by atoms with Crippen molar-refractivity contribution in [2.45, 2.75) is 13.1 Å². The summed E-state index contributed by atoms with van der Waals surface area (Å²) >= 11 is 5.85. The summed E-state index contributed by atoms with van der Waals surface area (Å²) in [5.74, 6) is 0.229. The van der Waals surface area contributed by atoms with Crippen LogP contribution in [0.25, 0.3) is 0 Å². The summed E-state index contributed by atoms with van der Waals surface area (Å²) in [6, 6.07) is 6.44. The van der Waals surface area contributed by atoms with Crippen LogP contribution in [0.2, 0.25) is 5.28 Å². The summed E-state index contributed by atoms with van der Waals surface area (Å²) in [7, 11) is 0. The fourth-order valence-electron chi connectivity index (χ4n) is 1.93. The molecule has 0 saturated carbocycles.